The van der Waals surface area contributed by atoms with Crippen LogP contribution >= 0.6 is 0 Å². The minimum absolute atomic E-state index is 0.396. The van der Waals surface area contributed by atoms with Gasteiger partial charge >= 0.3 is 0 Å². The Balaban J connectivity index is 1.46. The molecule has 152 valence electrons. The number of anilines is 2. The number of hydrogen-bond acceptors (Lipinski definition) is 3. The van der Waals surface area contributed by atoms with E-state index in [1.54, 1.807) is 24.3 Å². The maximum Gasteiger partial charge on any atom is 0.266 e. The van der Waals surface area contributed by atoms with Crippen molar-refractivity contribution in [1.29, 1.82) is 0 Å². The number of ether oxygens (including phenoxy) is 2. The van der Waals surface area contributed by atoms with E-state index in [0.717, 1.165) is 16.5 Å². The zero-order valence-corrected chi connectivity index (χ0v) is 17.0. The van der Waals surface area contributed by atoms with Gasteiger partial charge in [-0.15, -0.1) is 0 Å². The average Bonchev–Trinajstić information content (AvgIpc) is 2.78. The van der Waals surface area contributed by atoms with Gasteiger partial charge in [-0.25, -0.2) is 8.51 Å². The van der Waals surface area contributed by atoms with Crippen molar-refractivity contribution in [2.75, 3.05) is 17.5 Å². The summed E-state index contributed by atoms with van der Waals surface area (Å²) >= 11 is -2.22. The molecule has 4 aromatic carbocycles. The Hall–Kier alpha value is -3.35. The summed E-state index contributed by atoms with van der Waals surface area (Å²) in [5, 5.41) is 1.91. The summed E-state index contributed by atoms with van der Waals surface area (Å²) in [6.45, 7) is 0.821. The van der Waals surface area contributed by atoms with Crippen LogP contribution in [0.3, 0.4) is 0 Å². The minimum atomic E-state index is -2.22. The largest absolute Gasteiger partial charge is 0.490 e. The van der Waals surface area contributed by atoms with Crippen molar-refractivity contribution in [2.24, 2.45) is 0 Å². The van der Waals surface area contributed by atoms with E-state index in [9.17, 15) is 8.76 Å². The molecule has 30 heavy (non-hydrogen) atoms. The first kappa shape index (κ1) is 19.9. The quantitative estimate of drug-likeness (QED) is 0.300. The Morgan fingerprint density at radius 1 is 0.700 bits per heavy atom. The van der Waals surface area contributed by atoms with E-state index in [0.29, 0.717) is 30.3 Å². The van der Waals surface area contributed by atoms with Gasteiger partial charge in [0.1, 0.15) is 24.7 Å². The lowest BCUT2D eigenvalue weighted by molar-refractivity contribution is 0.217. The molecule has 1 N–H and O–H groups in total. The molecule has 0 aliphatic heterocycles. The van der Waals surface area contributed by atoms with Crippen molar-refractivity contribution >= 4 is 33.4 Å². The van der Waals surface area contributed by atoms with E-state index in [4.69, 9.17) is 9.47 Å². The van der Waals surface area contributed by atoms with Crippen molar-refractivity contribution in [3.63, 3.8) is 0 Å². The molecule has 0 amide bonds. The van der Waals surface area contributed by atoms with Gasteiger partial charge in [0.2, 0.25) is 0 Å². The van der Waals surface area contributed by atoms with Crippen molar-refractivity contribution in [3.05, 3.63) is 97.1 Å². The summed E-state index contributed by atoms with van der Waals surface area (Å²) in [5.74, 6) is 1.46. The second-order valence-corrected chi connectivity index (χ2v) is 7.35. The average molecular weight is 420 g/mol. The molecule has 0 heterocycles. The van der Waals surface area contributed by atoms with Gasteiger partial charge in [-0.3, -0.25) is 4.55 Å². The lowest BCUT2D eigenvalue weighted by Gasteiger charge is -2.22. The molecular weight excluding hydrogens is 398 g/mol. The molecule has 0 saturated carbocycles. The number of nitrogens with zero attached hydrogens (tertiary/aromatic N) is 1. The van der Waals surface area contributed by atoms with Crippen LogP contribution < -0.4 is 13.8 Å². The molecule has 0 saturated heterocycles. The van der Waals surface area contributed by atoms with Gasteiger partial charge in [0.25, 0.3) is 11.3 Å². The Morgan fingerprint density at radius 2 is 1.30 bits per heavy atom. The van der Waals surface area contributed by atoms with Crippen molar-refractivity contribution < 1.29 is 18.2 Å². The van der Waals surface area contributed by atoms with E-state index >= 15 is 0 Å². The molecular formula is C24H21NO4S. The van der Waals surface area contributed by atoms with Gasteiger partial charge in [0.05, 0.1) is 11.4 Å². The lowest BCUT2D eigenvalue weighted by atomic mass is 10.1. The topological polar surface area (TPSA) is 59.0 Å². The third-order valence-corrected chi connectivity index (χ3v) is 5.30. The highest BCUT2D eigenvalue weighted by atomic mass is 32.2. The molecule has 1 atom stereocenters. The summed E-state index contributed by atoms with van der Waals surface area (Å²) in [6, 6.07) is 30.1. The Bertz CT molecular complexity index is 1130. The molecule has 1 unspecified atom stereocenters. The Labute approximate surface area is 177 Å². The van der Waals surface area contributed by atoms with Crippen molar-refractivity contribution in [2.45, 2.75) is 0 Å². The fraction of sp³-hybridized carbons (Fsp3) is 0.0833. The first-order chi connectivity index (χ1) is 14.7. The summed E-state index contributed by atoms with van der Waals surface area (Å²) < 4.78 is 34.9. The molecule has 0 spiro atoms. The number of hydrogen-bond donors (Lipinski definition) is 1. The molecule has 0 radical (unpaired) electrons. The zero-order chi connectivity index (χ0) is 20.8. The normalized spacial score (nSPS) is 11.8. The summed E-state index contributed by atoms with van der Waals surface area (Å²) in [6.07, 6.45) is 0. The molecule has 6 heteroatoms. The van der Waals surface area contributed by atoms with Crippen molar-refractivity contribution in [1.82, 2.24) is 0 Å². The number of rotatable bonds is 8. The van der Waals surface area contributed by atoms with Crippen LogP contribution in [0.1, 0.15) is 0 Å². The molecule has 4 aromatic rings. The van der Waals surface area contributed by atoms with E-state index < -0.39 is 11.3 Å². The summed E-state index contributed by atoms with van der Waals surface area (Å²) in [7, 11) is 0. The highest BCUT2D eigenvalue weighted by molar-refractivity contribution is 7.81. The predicted octanol–water partition coefficient (Wildman–Crippen LogP) is 5.57. The van der Waals surface area contributed by atoms with E-state index in [-0.39, 0.29) is 0 Å². The molecule has 0 fully saturated rings. The Morgan fingerprint density at radius 3 is 2.00 bits per heavy atom. The van der Waals surface area contributed by atoms with Crippen LogP contribution in [0.5, 0.6) is 11.5 Å². The predicted molar refractivity (Wildman–Crippen MR) is 121 cm³/mol. The van der Waals surface area contributed by atoms with Gasteiger partial charge in [-0.2, -0.15) is 0 Å². The number of fused-ring (bicyclic) bond motifs is 1. The molecule has 0 aliphatic rings. The van der Waals surface area contributed by atoms with Crippen LogP contribution in [0.15, 0.2) is 97.1 Å². The summed E-state index contributed by atoms with van der Waals surface area (Å²) in [4.78, 5) is 0. The fourth-order valence-electron chi connectivity index (χ4n) is 3.21. The standard InChI is InChI=1S/C24H21NO4S/c26-30(27)25(24-12-6-8-19-7-4-5-11-23(19)24)20-13-15-22(16-14-20)29-18-17-28-21-9-2-1-3-10-21/h1-16H,17-18H2,(H,26,27). The first-order valence-electron chi connectivity index (χ1n) is 9.52. The van der Waals surface area contributed by atoms with Crippen LogP contribution in [-0.4, -0.2) is 22.0 Å². The highest BCUT2D eigenvalue weighted by Gasteiger charge is 2.17. The number of benzene rings is 4. The molecule has 0 bridgehead atoms. The molecule has 4 rings (SSSR count). The monoisotopic (exact) mass is 419 g/mol. The third kappa shape index (κ3) is 4.62. The van der Waals surface area contributed by atoms with Crippen LogP contribution in [-0.2, 0) is 11.3 Å². The third-order valence-electron chi connectivity index (χ3n) is 4.58. The minimum Gasteiger partial charge on any atom is -0.490 e. The van der Waals surface area contributed by atoms with Crippen LogP contribution in [0.2, 0.25) is 0 Å². The number of para-hydroxylation sites is 1. The van der Waals surface area contributed by atoms with Crippen LogP contribution in [0, 0.1) is 0 Å². The second-order valence-electron chi connectivity index (χ2n) is 6.53. The SMILES string of the molecule is O=S(O)N(c1ccc(OCCOc2ccccc2)cc1)c1cccc2ccccc12. The highest BCUT2D eigenvalue weighted by Crippen LogP contribution is 2.34. The zero-order valence-electron chi connectivity index (χ0n) is 16.2. The Kier molecular flexibility index (Phi) is 6.27. The van der Waals surface area contributed by atoms with Gasteiger partial charge in [0, 0.05) is 5.39 Å². The van der Waals surface area contributed by atoms with E-state index in [1.165, 1.54) is 4.31 Å². The fourth-order valence-corrected chi connectivity index (χ4v) is 3.84. The maximum absolute atomic E-state index is 12.2. The summed E-state index contributed by atoms with van der Waals surface area (Å²) in [5.41, 5.74) is 1.26. The second kappa shape index (κ2) is 9.43. The lowest BCUT2D eigenvalue weighted by Crippen LogP contribution is -2.19. The van der Waals surface area contributed by atoms with E-state index in [1.807, 2.05) is 72.8 Å². The molecule has 5 nitrogen and oxygen atoms in total. The van der Waals surface area contributed by atoms with Crippen LogP contribution in [0.25, 0.3) is 10.8 Å². The molecule has 0 aliphatic carbocycles. The molecule has 0 aromatic heterocycles. The van der Waals surface area contributed by atoms with Crippen molar-refractivity contribution in [3.8, 4) is 11.5 Å². The van der Waals surface area contributed by atoms with Gasteiger partial charge in [-0.05, 0) is 47.9 Å². The van der Waals surface area contributed by atoms with Gasteiger partial charge in [-0.1, -0.05) is 54.6 Å². The van der Waals surface area contributed by atoms with Gasteiger partial charge in [0.15, 0.2) is 0 Å². The maximum atomic E-state index is 12.2. The van der Waals surface area contributed by atoms with E-state index in [2.05, 4.69) is 0 Å². The first-order valence-corrected chi connectivity index (χ1v) is 10.6. The van der Waals surface area contributed by atoms with Gasteiger partial charge < -0.3 is 9.47 Å². The smallest absolute Gasteiger partial charge is 0.266 e. The van der Waals surface area contributed by atoms with Crippen LogP contribution in [0.4, 0.5) is 11.4 Å².